The lowest BCUT2D eigenvalue weighted by Crippen LogP contribution is -2.48. The Morgan fingerprint density at radius 1 is 1.04 bits per heavy atom. The van der Waals surface area contributed by atoms with Crippen molar-refractivity contribution in [1.82, 2.24) is 0 Å². The zero-order valence-electron chi connectivity index (χ0n) is 16.1. The van der Waals surface area contributed by atoms with E-state index in [1.807, 2.05) is 0 Å². The average Bonchev–Trinajstić information content (AvgIpc) is 2.62. The molecule has 1 fully saturated rings. The largest absolute Gasteiger partial charge is 0.463 e. The first-order valence-electron chi connectivity index (χ1n) is 9.04. The minimum atomic E-state index is -0.342. The monoisotopic (exact) mass is 373 g/mol. The van der Waals surface area contributed by atoms with Gasteiger partial charge in [0, 0.05) is 24.3 Å². The van der Waals surface area contributed by atoms with Crippen molar-refractivity contribution in [2.45, 2.75) is 40.1 Å². The highest BCUT2D eigenvalue weighted by atomic mass is 16.7. The topological polar surface area (TPSA) is 112 Å². The Kier molecular flexibility index (Phi) is 11.2. The molecular weight excluding hydrogens is 342 g/mol. The molecule has 0 spiro atoms. The van der Waals surface area contributed by atoms with Crippen molar-refractivity contribution in [2.24, 2.45) is 22.9 Å². The van der Waals surface area contributed by atoms with Crippen LogP contribution in [0, 0.1) is 17.8 Å². The number of ether oxygens (including phenoxy) is 5. The van der Waals surface area contributed by atoms with E-state index in [2.05, 4.69) is 30.8 Å². The quantitative estimate of drug-likeness (QED) is 0.171. The number of azide groups is 1. The summed E-state index contributed by atoms with van der Waals surface area (Å²) in [7, 11) is 0. The lowest BCUT2D eigenvalue weighted by Gasteiger charge is -2.43. The molecule has 0 bridgehead atoms. The number of carbonyl (C=O) groups excluding carboxylic acids is 1. The molecule has 1 heterocycles. The Morgan fingerprint density at radius 3 is 2.35 bits per heavy atom. The van der Waals surface area contributed by atoms with Crippen LogP contribution >= 0.6 is 0 Å². The van der Waals surface area contributed by atoms with E-state index < -0.39 is 0 Å². The van der Waals surface area contributed by atoms with Gasteiger partial charge in [-0.05, 0) is 17.4 Å². The van der Waals surface area contributed by atoms with Crippen molar-refractivity contribution in [3.63, 3.8) is 0 Å². The lowest BCUT2D eigenvalue weighted by atomic mass is 9.79. The fourth-order valence-electron chi connectivity index (χ4n) is 2.76. The first-order chi connectivity index (χ1) is 12.5. The third-order valence-electron chi connectivity index (χ3n) is 4.71. The van der Waals surface area contributed by atoms with Crippen molar-refractivity contribution >= 4 is 5.97 Å². The highest BCUT2D eigenvalue weighted by molar-refractivity contribution is 5.65. The van der Waals surface area contributed by atoms with E-state index in [1.54, 1.807) is 0 Å². The number of hydrogen-bond donors (Lipinski definition) is 0. The van der Waals surface area contributed by atoms with Crippen LogP contribution in [0.2, 0.25) is 0 Å². The second-order valence-corrected chi connectivity index (χ2v) is 6.47. The number of rotatable bonds is 12. The molecule has 0 saturated carbocycles. The van der Waals surface area contributed by atoms with Crippen LogP contribution in [0.5, 0.6) is 0 Å². The summed E-state index contributed by atoms with van der Waals surface area (Å²) in [6.07, 6.45) is -0.508. The van der Waals surface area contributed by atoms with Gasteiger partial charge in [-0.3, -0.25) is 4.79 Å². The summed E-state index contributed by atoms with van der Waals surface area (Å²) in [5.74, 6) is 0.602. The van der Waals surface area contributed by atoms with Gasteiger partial charge in [-0.15, -0.1) is 0 Å². The maximum Gasteiger partial charge on any atom is 0.302 e. The molecule has 0 N–H and O–H groups in total. The van der Waals surface area contributed by atoms with Crippen LogP contribution in [-0.2, 0) is 28.5 Å². The maximum absolute atomic E-state index is 11.0. The van der Waals surface area contributed by atoms with E-state index in [-0.39, 0.29) is 36.8 Å². The Bertz CT molecular complexity index is 458. The van der Waals surface area contributed by atoms with E-state index in [1.165, 1.54) is 6.92 Å². The second kappa shape index (κ2) is 12.9. The molecule has 5 unspecified atom stereocenters. The molecule has 1 aliphatic heterocycles. The van der Waals surface area contributed by atoms with Crippen LogP contribution in [0.25, 0.3) is 10.4 Å². The maximum atomic E-state index is 11.0. The minimum Gasteiger partial charge on any atom is -0.463 e. The second-order valence-electron chi connectivity index (χ2n) is 6.47. The molecule has 1 rings (SSSR count). The van der Waals surface area contributed by atoms with Gasteiger partial charge < -0.3 is 23.7 Å². The predicted octanol–water partition coefficient (Wildman–Crippen LogP) is 2.54. The standard InChI is InChI=1S/C17H31N3O6/c1-12-13(2)16(11-25-15(4)21)26-17(14(12)3)24-10-9-23-8-7-22-6-5-19-20-18/h12-14,16-17H,5-11H2,1-4H3. The molecule has 0 radical (unpaired) electrons. The minimum absolute atomic E-state index is 0.166. The van der Waals surface area contributed by atoms with Crippen LogP contribution in [0.1, 0.15) is 27.7 Å². The van der Waals surface area contributed by atoms with E-state index in [4.69, 9.17) is 29.2 Å². The summed E-state index contributed by atoms with van der Waals surface area (Å²) < 4.78 is 27.6. The summed E-state index contributed by atoms with van der Waals surface area (Å²) in [5, 5.41) is 3.37. The zero-order chi connectivity index (χ0) is 19.4. The van der Waals surface area contributed by atoms with Gasteiger partial charge in [0.25, 0.3) is 0 Å². The summed E-state index contributed by atoms with van der Waals surface area (Å²) in [4.78, 5) is 13.7. The highest BCUT2D eigenvalue weighted by Gasteiger charge is 2.40. The van der Waals surface area contributed by atoms with Gasteiger partial charge in [-0.1, -0.05) is 25.9 Å². The summed E-state index contributed by atoms with van der Waals surface area (Å²) >= 11 is 0. The van der Waals surface area contributed by atoms with Gasteiger partial charge >= 0.3 is 5.97 Å². The van der Waals surface area contributed by atoms with E-state index >= 15 is 0 Å². The number of carbonyl (C=O) groups is 1. The normalized spacial score (nSPS) is 28.4. The van der Waals surface area contributed by atoms with Gasteiger partial charge in [0.15, 0.2) is 6.29 Å². The third-order valence-corrected chi connectivity index (χ3v) is 4.71. The summed E-state index contributed by atoms with van der Waals surface area (Å²) in [5.41, 5.74) is 8.13. The highest BCUT2D eigenvalue weighted by Crippen LogP contribution is 2.35. The molecule has 26 heavy (non-hydrogen) atoms. The van der Waals surface area contributed by atoms with Crippen molar-refractivity contribution in [3.05, 3.63) is 10.4 Å². The SMILES string of the molecule is CC(=O)OCC1OC(OCCOCCOCCN=[N+]=[N-])C(C)C(C)C1C. The average molecular weight is 373 g/mol. The molecule has 5 atom stereocenters. The molecule has 150 valence electrons. The molecule has 0 aromatic heterocycles. The number of esters is 1. The zero-order valence-corrected chi connectivity index (χ0v) is 16.1. The molecule has 0 aromatic rings. The van der Waals surface area contributed by atoms with E-state index in [0.29, 0.717) is 45.5 Å². The Labute approximate surface area is 154 Å². The van der Waals surface area contributed by atoms with E-state index in [0.717, 1.165) is 0 Å². The Hall–Kier alpha value is -1.38. The van der Waals surface area contributed by atoms with Gasteiger partial charge in [-0.2, -0.15) is 0 Å². The fourth-order valence-corrected chi connectivity index (χ4v) is 2.76. The van der Waals surface area contributed by atoms with Crippen LogP contribution in [0.15, 0.2) is 5.11 Å². The van der Waals surface area contributed by atoms with Crippen molar-refractivity contribution in [2.75, 3.05) is 46.2 Å². The smallest absolute Gasteiger partial charge is 0.302 e. The van der Waals surface area contributed by atoms with Gasteiger partial charge in [0.05, 0.1) is 39.1 Å². The fraction of sp³-hybridized carbons (Fsp3) is 0.941. The third kappa shape index (κ3) is 8.33. The first kappa shape index (κ1) is 22.7. The first-order valence-corrected chi connectivity index (χ1v) is 9.04. The van der Waals surface area contributed by atoms with E-state index in [9.17, 15) is 4.79 Å². The summed E-state index contributed by atoms with van der Waals surface area (Å²) in [6, 6.07) is 0. The lowest BCUT2D eigenvalue weighted by molar-refractivity contribution is -0.258. The van der Waals surface area contributed by atoms with Gasteiger partial charge in [0.1, 0.15) is 6.61 Å². The Morgan fingerprint density at radius 2 is 1.69 bits per heavy atom. The van der Waals surface area contributed by atoms with Crippen LogP contribution in [0.3, 0.4) is 0 Å². The van der Waals surface area contributed by atoms with Gasteiger partial charge in [0.2, 0.25) is 0 Å². The molecule has 1 aliphatic rings. The molecular formula is C17H31N3O6. The summed E-state index contributed by atoms with van der Waals surface area (Å²) in [6.45, 7) is 10.5. The molecule has 9 heteroatoms. The van der Waals surface area contributed by atoms with Crippen LogP contribution in [-0.4, -0.2) is 64.5 Å². The number of nitrogens with zero attached hydrogens (tertiary/aromatic N) is 3. The number of hydrogen-bond acceptors (Lipinski definition) is 7. The van der Waals surface area contributed by atoms with Crippen molar-refractivity contribution in [1.29, 1.82) is 0 Å². The van der Waals surface area contributed by atoms with Crippen molar-refractivity contribution < 1.29 is 28.5 Å². The van der Waals surface area contributed by atoms with Crippen LogP contribution < -0.4 is 0 Å². The predicted molar refractivity (Wildman–Crippen MR) is 94.4 cm³/mol. The molecule has 0 aliphatic carbocycles. The van der Waals surface area contributed by atoms with Crippen molar-refractivity contribution in [3.8, 4) is 0 Å². The molecule has 1 saturated heterocycles. The molecule has 0 amide bonds. The Balaban J connectivity index is 2.21. The molecule has 9 nitrogen and oxygen atoms in total. The van der Waals surface area contributed by atoms with Gasteiger partial charge in [-0.25, -0.2) is 0 Å². The molecule has 0 aromatic carbocycles. The van der Waals surface area contributed by atoms with Crippen LogP contribution in [0.4, 0.5) is 0 Å².